The second kappa shape index (κ2) is 11.8. The molecule has 1 aromatic heterocycles. The van der Waals surface area contributed by atoms with Gasteiger partial charge in [0, 0.05) is 39.3 Å². The van der Waals surface area contributed by atoms with Crippen LogP contribution in [0.4, 0.5) is 0 Å². The molecule has 5 nitrogen and oxygen atoms in total. The smallest absolute Gasteiger partial charge is 0.191 e. The van der Waals surface area contributed by atoms with E-state index in [0.717, 1.165) is 50.7 Å². The number of ether oxygens (including phenoxy) is 1. The maximum Gasteiger partial charge on any atom is 0.191 e. The molecule has 25 heavy (non-hydrogen) atoms. The van der Waals surface area contributed by atoms with E-state index in [9.17, 15) is 0 Å². The van der Waals surface area contributed by atoms with Gasteiger partial charge in [0.2, 0.25) is 0 Å². The first-order valence-electron chi connectivity index (χ1n) is 9.23. The third kappa shape index (κ3) is 7.56. The van der Waals surface area contributed by atoms with Gasteiger partial charge in [0.1, 0.15) is 5.76 Å². The minimum Gasteiger partial charge on any atom is -0.469 e. The van der Waals surface area contributed by atoms with Crippen LogP contribution in [0.1, 0.15) is 51.7 Å². The fourth-order valence-corrected chi connectivity index (χ4v) is 2.98. The highest BCUT2D eigenvalue weighted by molar-refractivity contribution is 14.0. The normalized spacial score (nSPS) is 17.3. The Hall–Kier alpha value is -0.760. The van der Waals surface area contributed by atoms with Gasteiger partial charge >= 0.3 is 0 Å². The zero-order valence-electron chi connectivity index (χ0n) is 15.8. The number of rotatable bonds is 10. The van der Waals surface area contributed by atoms with Crippen LogP contribution in [0.2, 0.25) is 0 Å². The number of hydrogen-bond acceptors (Lipinski definition) is 3. The third-order valence-corrected chi connectivity index (χ3v) is 5.06. The van der Waals surface area contributed by atoms with Crippen LogP contribution in [0.25, 0.3) is 0 Å². The van der Waals surface area contributed by atoms with Crippen molar-refractivity contribution < 1.29 is 9.15 Å². The number of hydrogen-bond donors (Lipinski definition) is 2. The molecule has 6 heteroatoms. The molecule has 0 radical (unpaired) electrons. The molecule has 1 aromatic rings. The van der Waals surface area contributed by atoms with Crippen molar-refractivity contribution in [2.24, 2.45) is 10.4 Å². The van der Waals surface area contributed by atoms with Gasteiger partial charge in [0.15, 0.2) is 5.96 Å². The van der Waals surface area contributed by atoms with Gasteiger partial charge in [0.05, 0.1) is 6.26 Å². The van der Waals surface area contributed by atoms with Crippen LogP contribution >= 0.6 is 24.0 Å². The summed E-state index contributed by atoms with van der Waals surface area (Å²) in [7, 11) is 1.78. The molecule has 1 aliphatic carbocycles. The first kappa shape index (κ1) is 22.3. The van der Waals surface area contributed by atoms with E-state index in [1.165, 1.54) is 19.3 Å². The zero-order chi connectivity index (χ0) is 17.3. The summed E-state index contributed by atoms with van der Waals surface area (Å²) in [6.07, 6.45) is 8.62. The fourth-order valence-electron chi connectivity index (χ4n) is 2.98. The van der Waals surface area contributed by atoms with Crippen molar-refractivity contribution >= 4 is 29.9 Å². The van der Waals surface area contributed by atoms with Gasteiger partial charge in [0.25, 0.3) is 0 Å². The van der Waals surface area contributed by atoms with Crippen molar-refractivity contribution in [1.82, 2.24) is 10.6 Å². The summed E-state index contributed by atoms with van der Waals surface area (Å²) in [4.78, 5) is 4.89. The average Bonchev–Trinajstić information content (AvgIpc) is 3.06. The van der Waals surface area contributed by atoms with Crippen LogP contribution in [0.5, 0.6) is 0 Å². The standard InChI is InChI=1S/C19H33N3O2.HI/c1-4-16(2)22-18(20-12-8-17-7-5-13-24-17)21-15-19(9-6-10-19)11-14-23-3;/h5,7,13,16H,4,6,8-12,14-15H2,1-3H3,(H2,20,21,22);1H. The van der Waals surface area contributed by atoms with Gasteiger partial charge in [-0.1, -0.05) is 13.3 Å². The molecule has 0 aromatic carbocycles. The van der Waals surface area contributed by atoms with Crippen LogP contribution < -0.4 is 10.6 Å². The van der Waals surface area contributed by atoms with Crippen LogP contribution in [-0.2, 0) is 11.2 Å². The predicted octanol–water partition coefficient (Wildman–Crippen LogP) is 3.98. The lowest BCUT2D eigenvalue weighted by atomic mass is 9.67. The van der Waals surface area contributed by atoms with Gasteiger partial charge in [-0.3, -0.25) is 4.99 Å². The second-order valence-electron chi connectivity index (χ2n) is 6.97. The molecule has 0 saturated heterocycles. The molecule has 1 saturated carbocycles. The highest BCUT2D eigenvalue weighted by Gasteiger charge is 2.36. The van der Waals surface area contributed by atoms with Gasteiger partial charge in [-0.2, -0.15) is 0 Å². The molecule has 1 atom stereocenters. The molecule has 0 bridgehead atoms. The summed E-state index contributed by atoms with van der Waals surface area (Å²) in [6, 6.07) is 4.35. The van der Waals surface area contributed by atoms with E-state index < -0.39 is 0 Å². The molecule has 1 heterocycles. The molecule has 2 rings (SSSR count). The van der Waals surface area contributed by atoms with Gasteiger partial charge in [-0.05, 0) is 50.2 Å². The van der Waals surface area contributed by atoms with Crippen molar-refractivity contribution in [2.45, 2.75) is 58.4 Å². The Bertz CT molecular complexity index is 487. The molecule has 1 aliphatic rings. The lowest BCUT2D eigenvalue weighted by Crippen LogP contribution is -2.44. The molecule has 1 unspecified atom stereocenters. The zero-order valence-corrected chi connectivity index (χ0v) is 18.2. The van der Waals surface area contributed by atoms with E-state index in [1.54, 1.807) is 13.4 Å². The Morgan fingerprint density at radius 2 is 2.24 bits per heavy atom. The molecule has 0 spiro atoms. The number of halogens is 1. The van der Waals surface area contributed by atoms with Crippen molar-refractivity contribution in [3.05, 3.63) is 24.2 Å². The highest BCUT2D eigenvalue weighted by atomic mass is 127. The monoisotopic (exact) mass is 463 g/mol. The van der Waals surface area contributed by atoms with Crippen LogP contribution in [0.3, 0.4) is 0 Å². The number of aliphatic imine (C=N–C) groups is 1. The average molecular weight is 463 g/mol. The maximum atomic E-state index is 5.39. The molecule has 2 N–H and O–H groups in total. The highest BCUT2D eigenvalue weighted by Crippen LogP contribution is 2.44. The number of guanidine groups is 1. The topological polar surface area (TPSA) is 58.8 Å². The number of nitrogens with zero attached hydrogens (tertiary/aromatic N) is 1. The summed E-state index contributed by atoms with van der Waals surface area (Å²) in [6.45, 7) is 6.90. The van der Waals surface area contributed by atoms with Crippen LogP contribution in [0.15, 0.2) is 27.8 Å². The van der Waals surface area contributed by atoms with E-state index in [2.05, 4.69) is 24.5 Å². The van der Waals surface area contributed by atoms with Crippen LogP contribution in [-0.4, -0.2) is 38.8 Å². The summed E-state index contributed by atoms with van der Waals surface area (Å²) >= 11 is 0. The largest absolute Gasteiger partial charge is 0.469 e. The Balaban J connectivity index is 0.00000312. The van der Waals surface area contributed by atoms with Crippen molar-refractivity contribution in [3.63, 3.8) is 0 Å². The van der Waals surface area contributed by atoms with Crippen molar-refractivity contribution in [1.29, 1.82) is 0 Å². The quantitative estimate of drug-likeness (QED) is 0.313. The molecule has 1 fully saturated rings. The van der Waals surface area contributed by atoms with E-state index in [1.807, 2.05) is 12.1 Å². The Kier molecular flexibility index (Phi) is 10.5. The Morgan fingerprint density at radius 3 is 2.80 bits per heavy atom. The van der Waals surface area contributed by atoms with E-state index in [-0.39, 0.29) is 24.0 Å². The summed E-state index contributed by atoms with van der Waals surface area (Å²) in [5.41, 5.74) is 0.348. The lowest BCUT2D eigenvalue weighted by Gasteiger charge is -2.41. The minimum absolute atomic E-state index is 0. The Morgan fingerprint density at radius 1 is 1.44 bits per heavy atom. The molecular weight excluding hydrogens is 429 g/mol. The summed E-state index contributed by atoms with van der Waals surface area (Å²) in [5, 5.41) is 6.95. The van der Waals surface area contributed by atoms with Crippen molar-refractivity contribution in [3.8, 4) is 0 Å². The third-order valence-electron chi connectivity index (χ3n) is 5.06. The first-order chi connectivity index (χ1) is 11.7. The van der Waals surface area contributed by atoms with E-state index in [4.69, 9.17) is 14.1 Å². The number of nitrogens with one attached hydrogen (secondary N) is 2. The molecule has 0 aliphatic heterocycles. The van der Waals surface area contributed by atoms with E-state index in [0.29, 0.717) is 11.5 Å². The van der Waals surface area contributed by atoms with E-state index >= 15 is 0 Å². The fraction of sp³-hybridized carbons (Fsp3) is 0.737. The molecule has 0 amide bonds. The minimum atomic E-state index is 0. The van der Waals surface area contributed by atoms with Gasteiger partial charge < -0.3 is 19.8 Å². The predicted molar refractivity (Wildman–Crippen MR) is 114 cm³/mol. The first-order valence-corrected chi connectivity index (χ1v) is 9.23. The Labute approximate surface area is 169 Å². The van der Waals surface area contributed by atoms with Gasteiger partial charge in [-0.15, -0.1) is 24.0 Å². The van der Waals surface area contributed by atoms with Gasteiger partial charge in [-0.25, -0.2) is 0 Å². The SMILES string of the molecule is CCC(C)NC(=NCC1(CCOC)CCC1)NCCc1ccco1.I. The van der Waals surface area contributed by atoms with Crippen molar-refractivity contribution in [2.75, 3.05) is 26.8 Å². The maximum absolute atomic E-state index is 5.39. The summed E-state index contributed by atoms with van der Waals surface area (Å²) < 4.78 is 10.7. The molecule has 144 valence electrons. The summed E-state index contributed by atoms with van der Waals surface area (Å²) in [5.74, 6) is 1.92. The molecular formula is C19H34IN3O2. The second-order valence-corrected chi connectivity index (χ2v) is 6.97. The van der Waals surface area contributed by atoms with Crippen LogP contribution in [0, 0.1) is 5.41 Å². The number of furan rings is 1. The lowest BCUT2D eigenvalue weighted by molar-refractivity contribution is 0.0778. The number of methoxy groups -OCH3 is 1.